The van der Waals surface area contributed by atoms with Crippen LogP contribution in [0.25, 0.3) is 11.1 Å². The van der Waals surface area contributed by atoms with Crippen LogP contribution in [0.3, 0.4) is 0 Å². The molecule has 0 bridgehead atoms. The first-order chi connectivity index (χ1) is 14.2. The topological polar surface area (TPSA) is 85.4 Å². The highest BCUT2D eigenvalue weighted by Gasteiger charge is 2.20. The number of aromatic nitrogens is 1. The van der Waals surface area contributed by atoms with Crippen LogP contribution in [0.1, 0.15) is 11.5 Å². The predicted molar refractivity (Wildman–Crippen MR) is 106 cm³/mol. The Hall–Kier alpha value is -4.11. The van der Waals surface area contributed by atoms with E-state index >= 15 is 0 Å². The fourth-order valence-electron chi connectivity index (χ4n) is 2.82. The fraction of sp³-hybridized carbons (Fsp3) is 0.0870. The second-order valence-corrected chi connectivity index (χ2v) is 6.25. The molecule has 0 saturated heterocycles. The van der Waals surface area contributed by atoms with Crippen LogP contribution in [-0.4, -0.2) is 17.4 Å². The molecule has 0 aliphatic carbocycles. The van der Waals surface area contributed by atoms with Gasteiger partial charge >= 0.3 is 6.08 Å². The van der Waals surface area contributed by atoms with E-state index in [1.165, 1.54) is 0 Å². The molecular formula is C23H16N2O4. The first-order valence-electron chi connectivity index (χ1n) is 8.96. The highest BCUT2D eigenvalue weighted by Crippen LogP contribution is 2.26. The molecule has 0 saturated carbocycles. The smallest absolute Gasteiger partial charge is 0.400 e. The molecular weight excluding hydrogens is 368 g/mol. The molecule has 1 heterocycles. The number of carbonyl (C=O) groups excluding carboxylic acids is 1. The SMILES string of the molecule is N#CC(C(=O)COc1ccc(Oc2nc3ccccc3o2)cc1)c1ccccc1. The maximum Gasteiger partial charge on any atom is 0.400 e. The normalized spacial score (nSPS) is 11.6. The Kier molecular flexibility index (Phi) is 5.21. The number of nitrogens with zero attached hydrogens (tertiary/aromatic N) is 2. The lowest BCUT2D eigenvalue weighted by Crippen LogP contribution is -2.19. The van der Waals surface area contributed by atoms with Gasteiger partial charge in [-0.3, -0.25) is 4.79 Å². The molecule has 29 heavy (non-hydrogen) atoms. The van der Waals surface area contributed by atoms with E-state index in [1.807, 2.05) is 36.4 Å². The van der Waals surface area contributed by atoms with Crippen molar-refractivity contribution >= 4 is 16.9 Å². The highest BCUT2D eigenvalue weighted by atomic mass is 16.6. The zero-order chi connectivity index (χ0) is 20.1. The lowest BCUT2D eigenvalue weighted by atomic mass is 9.97. The Morgan fingerprint density at radius 1 is 0.966 bits per heavy atom. The van der Waals surface area contributed by atoms with Crippen molar-refractivity contribution in [1.82, 2.24) is 4.98 Å². The molecule has 4 rings (SSSR count). The Bertz CT molecular complexity index is 1130. The third-order valence-electron chi connectivity index (χ3n) is 4.27. The Morgan fingerprint density at radius 2 is 1.66 bits per heavy atom. The largest absolute Gasteiger partial charge is 0.486 e. The molecule has 1 atom stereocenters. The summed E-state index contributed by atoms with van der Waals surface area (Å²) in [5.41, 5.74) is 2.02. The number of ether oxygens (including phenoxy) is 2. The average Bonchev–Trinajstić information content (AvgIpc) is 3.17. The van der Waals surface area contributed by atoms with Gasteiger partial charge in [0, 0.05) is 0 Å². The van der Waals surface area contributed by atoms with E-state index < -0.39 is 5.92 Å². The van der Waals surface area contributed by atoms with Crippen LogP contribution >= 0.6 is 0 Å². The summed E-state index contributed by atoms with van der Waals surface area (Å²) in [6, 6.07) is 25.1. The minimum Gasteiger partial charge on any atom is -0.486 e. The van der Waals surface area contributed by atoms with Crippen molar-refractivity contribution in [3.63, 3.8) is 0 Å². The van der Waals surface area contributed by atoms with Crippen LogP contribution in [0.2, 0.25) is 0 Å². The molecule has 142 valence electrons. The Balaban J connectivity index is 1.37. The first kappa shape index (κ1) is 18.3. The number of nitriles is 1. The molecule has 0 spiro atoms. The molecule has 0 fully saturated rings. The van der Waals surface area contributed by atoms with E-state index in [-0.39, 0.29) is 18.5 Å². The number of hydrogen-bond donors (Lipinski definition) is 0. The monoisotopic (exact) mass is 384 g/mol. The highest BCUT2D eigenvalue weighted by molar-refractivity contribution is 5.89. The van der Waals surface area contributed by atoms with Gasteiger partial charge in [-0.25, -0.2) is 0 Å². The summed E-state index contributed by atoms with van der Waals surface area (Å²) in [4.78, 5) is 16.6. The summed E-state index contributed by atoms with van der Waals surface area (Å²) >= 11 is 0. The summed E-state index contributed by atoms with van der Waals surface area (Å²) in [6.07, 6.45) is 0.148. The van der Waals surface area contributed by atoms with E-state index in [0.29, 0.717) is 28.2 Å². The number of hydrogen-bond acceptors (Lipinski definition) is 6. The van der Waals surface area contributed by atoms with E-state index in [9.17, 15) is 10.1 Å². The van der Waals surface area contributed by atoms with Crippen LogP contribution in [-0.2, 0) is 4.79 Å². The zero-order valence-electron chi connectivity index (χ0n) is 15.3. The minimum atomic E-state index is -0.849. The molecule has 0 amide bonds. The molecule has 0 N–H and O–H groups in total. The summed E-state index contributed by atoms with van der Waals surface area (Å²) in [6.45, 7) is -0.196. The second kappa shape index (κ2) is 8.28. The van der Waals surface area contributed by atoms with E-state index in [4.69, 9.17) is 13.9 Å². The number of ketones is 1. The van der Waals surface area contributed by atoms with Gasteiger partial charge in [-0.1, -0.05) is 42.5 Å². The zero-order valence-corrected chi connectivity index (χ0v) is 15.3. The van der Waals surface area contributed by atoms with Crippen LogP contribution in [0.5, 0.6) is 17.6 Å². The Labute approximate surface area is 166 Å². The standard InChI is InChI=1S/C23H16N2O4/c24-14-19(16-6-2-1-3-7-16)21(26)15-27-17-10-12-18(13-11-17)28-23-25-20-8-4-5-9-22(20)29-23/h1-13,19H,15H2. The maximum atomic E-state index is 12.3. The van der Waals surface area contributed by atoms with Crippen molar-refractivity contribution in [2.45, 2.75) is 5.92 Å². The fourth-order valence-corrected chi connectivity index (χ4v) is 2.82. The minimum absolute atomic E-state index is 0.148. The number of para-hydroxylation sites is 2. The molecule has 1 aromatic heterocycles. The van der Waals surface area contributed by atoms with Gasteiger partial charge in [0.05, 0.1) is 6.07 Å². The molecule has 6 heteroatoms. The lowest BCUT2D eigenvalue weighted by Gasteiger charge is -2.10. The number of oxazole rings is 1. The van der Waals surface area contributed by atoms with Crippen molar-refractivity contribution < 1.29 is 18.7 Å². The van der Waals surface area contributed by atoms with Crippen molar-refractivity contribution in [1.29, 1.82) is 5.26 Å². The molecule has 3 aromatic carbocycles. The van der Waals surface area contributed by atoms with Gasteiger partial charge in [0.15, 0.2) is 11.4 Å². The van der Waals surface area contributed by atoms with Gasteiger partial charge in [0.25, 0.3) is 0 Å². The summed E-state index contributed by atoms with van der Waals surface area (Å²) in [7, 11) is 0. The quantitative estimate of drug-likeness (QED) is 0.452. The molecule has 0 aliphatic rings. The summed E-state index contributed by atoms with van der Waals surface area (Å²) < 4.78 is 16.7. The molecule has 0 radical (unpaired) electrons. The summed E-state index contributed by atoms with van der Waals surface area (Å²) in [5.74, 6) is -0.133. The van der Waals surface area contributed by atoms with Gasteiger partial charge in [-0.15, -0.1) is 0 Å². The predicted octanol–water partition coefficient (Wildman–Crippen LogP) is 4.88. The van der Waals surface area contributed by atoms with Crippen molar-refractivity contribution in [3.05, 3.63) is 84.4 Å². The molecule has 1 unspecified atom stereocenters. The molecule has 0 aliphatic heterocycles. The number of carbonyl (C=O) groups is 1. The number of Topliss-reactive ketones (excluding diaryl/α,β-unsaturated/α-hetero) is 1. The van der Waals surface area contributed by atoms with E-state index in [1.54, 1.807) is 48.5 Å². The van der Waals surface area contributed by atoms with Crippen LogP contribution in [0, 0.1) is 11.3 Å². The van der Waals surface area contributed by atoms with Gasteiger partial charge in [0.1, 0.15) is 29.5 Å². The molecule has 6 nitrogen and oxygen atoms in total. The Morgan fingerprint density at radius 3 is 2.38 bits per heavy atom. The third kappa shape index (κ3) is 4.25. The van der Waals surface area contributed by atoms with Crippen LogP contribution in [0.15, 0.2) is 83.3 Å². The number of fused-ring (bicyclic) bond motifs is 1. The van der Waals surface area contributed by atoms with Crippen molar-refractivity contribution in [2.24, 2.45) is 0 Å². The third-order valence-corrected chi connectivity index (χ3v) is 4.27. The van der Waals surface area contributed by atoms with Gasteiger partial charge in [-0.05, 0) is 42.0 Å². The second-order valence-electron chi connectivity index (χ2n) is 6.25. The van der Waals surface area contributed by atoms with Gasteiger partial charge in [0.2, 0.25) is 0 Å². The maximum absolute atomic E-state index is 12.3. The molecule has 4 aromatic rings. The van der Waals surface area contributed by atoms with Crippen LogP contribution < -0.4 is 9.47 Å². The van der Waals surface area contributed by atoms with E-state index in [2.05, 4.69) is 4.98 Å². The average molecular weight is 384 g/mol. The van der Waals surface area contributed by atoms with Gasteiger partial charge < -0.3 is 13.9 Å². The van der Waals surface area contributed by atoms with Gasteiger partial charge in [-0.2, -0.15) is 10.2 Å². The lowest BCUT2D eigenvalue weighted by molar-refractivity contribution is -0.121. The van der Waals surface area contributed by atoms with E-state index in [0.717, 1.165) is 0 Å². The number of rotatable bonds is 7. The van der Waals surface area contributed by atoms with Crippen LogP contribution in [0.4, 0.5) is 0 Å². The summed E-state index contributed by atoms with van der Waals surface area (Å²) in [5, 5.41) is 9.32. The van der Waals surface area contributed by atoms with Crippen molar-refractivity contribution in [3.8, 4) is 23.6 Å². The first-order valence-corrected chi connectivity index (χ1v) is 8.96. The van der Waals surface area contributed by atoms with Crippen molar-refractivity contribution in [2.75, 3.05) is 6.61 Å². The number of benzene rings is 3.